The SMILES string of the molecule is COc1ccc(C)cc1CN1CC2CCCC(N)C2C1.Cl. The van der Waals surface area contributed by atoms with Gasteiger partial charge in [0.25, 0.3) is 0 Å². The normalized spacial score (nSPS) is 28.8. The maximum Gasteiger partial charge on any atom is 0.123 e. The van der Waals surface area contributed by atoms with Gasteiger partial charge in [0.15, 0.2) is 0 Å². The van der Waals surface area contributed by atoms with Crippen molar-refractivity contribution in [3.63, 3.8) is 0 Å². The molecule has 2 N–H and O–H groups in total. The summed E-state index contributed by atoms with van der Waals surface area (Å²) >= 11 is 0. The van der Waals surface area contributed by atoms with Gasteiger partial charge in [-0.05, 0) is 37.7 Å². The first-order chi connectivity index (χ1) is 9.67. The van der Waals surface area contributed by atoms with E-state index in [0.717, 1.165) is 24.8 Å². The summed E-state index contributed by atoms with van der Waals surface area (Å²) in [7, 11) is 1.76. The molecule has 1 saturated carbocycles. The molecule has 1 saturated heterocycles. The van der Waals surface area contributed by atoms with Crippen LogP contribution >= 0.6 is 12.4 Å². The van der Waals surface area contributed by atoms with Crippen LogP contribution in [0.15, 0.2) is 18.2 Å². The van der Waals surface area contributed by atoms with E-state index in [9.17, 15) is 0 Å². The standard InChI is InChI=1S/C17H26N2O.ClH/c1-12-6-7-17(20-2)14(8-12)10-19-9-13-4-3-5-16(18)15(13)11-19;/h6-8,13,15-16H,3-5,9-11,18H2,1-2H3;1H. The number of nitrogens with two attached hydrogens (primary N) is 1. The molecule has 4 heteroatoms. The van der Waals surface area contributed by atoms with Gasteiger partial charge in [0, 0.05) is 31.2 Å². The van der Waals surface area contributed by atoms with Crippen molar-refractivity contribution in [2.45, 2.75) is 38.8 Å². The van der Waals surface area contributed by atoms with Gasteiger partial charge >= 0.3 is 0 Å². The number of likely N-dealkylation sites (tertiary alicyclic amines) is 1. The summed E-state index contributed by atoms with van der Waals surface area (Å²) in [5, 5.41) is 0. The smallest absolute Gasteiger partial charge is 0.123 e. The molecular formula is C17H27ClN2O. The number of ether oxygens (including phenoxy) is 1. The van der Waals surface area contributed by atoms with Crippen molar-refractivity contribution < 1.29 is 4.74 Å². The number of nitrogens with zero attached hydrogens (tertiary/aromatic N) is 1. The molecule has 1 aliphatic carbocycles. The fourth-order valence-electron chi connectivity index (χ4n) is 4.01. The molecule has 1 aromatic rings. The summed E-state index contributed by atoms with van der Waals surface area (Å²) < 4.78 is 5.50. The van der Waals surface area contributed by atoms with E-state index in [1.165, 1.54) is 36.9 Å². The number of fused-ring (bicyclic) bond motifs is 1. The second kappa shape index (κ2) is 6.99. The van der Waals surface area contributed by atoms with Crippen LogP contribution in [0.5, 0.6) is 5.75 Å². The van der Waals surface area contributed by atoms with Crippen molar-refractivity contribution in [2.24, 2.45) is 17.6 Å². The van der Waals surface area contributed by atoms with Crippen LogP contribution in [-0.2, 0) is 6.54 Å². The van der Waals surface area contributed by atoms with Crippen molar-refractivity contribution >= 4 is 12.4 Å². The van der Waals surface area contributed by atoms with E-state index >= 15 is 0 Å². The number of hydrogen-bond acceptors (Lipinski definition) is 3. The molecule has 0 amide bonds. The van der Waals surface area contributed by atoms with Crippen LogP contribution in [0.2, 0.25) is 0 Å². The lowest BCUT2D eigenvalue weighted by molar-refractivity contribution is 0.259. The van der Waals surface area contributed by atoms with Gasteiger partial charge in [-0.25, -0.2) is 0 Å². The maximum absolute atomic E-state index is 6.30. The molecule has 3 atom stereocenters. The summed E-state index contributed by atoms with van der Waals surface area (Å²) in [5.74, 6) is 2.53. The fraction of sp³-hybridized carbons (Fsp3) is 0.647. The van der Waals surface area contributed by atoms with E-state index in [0.29, 0.717) is 12.0 Å². The number of aryl methyl sites for hydroxylation is 1. The molecule has 2 fully saturated rings. The Morgan fingerprint density at radius 1 is 1.29 bits per heavy atom. The highest BCUT2D eigenvalue weighted by Gasteiger charge is 2.38. The van der Waals surface area contributed by atoms with Gasteiger partial charge in [-0.3, -0.25) is 4.90 Å². The zero-order chi connectivity index (χ0) is 14.1. The summed E-state index contributed by atoms with van der Waals surface area (Å²) in [4.78, 5) is 2.57. The van der Waals surface area contributed by atoms with Gasteiger partial charge in [-0.1, -0.05) is 24.1 Å². The van der Waals surface area contributed by atoms with Crippen molar-refractivity contribution in [3.05, 3.63) is 29.3 Å². The van der Waals surface area contributed by atoms with E-state index in [1.807, 2.05) is 0 Å². The monoisotopic (exact) mass is 310 g/mol. The summed E-state index contributed by atoms with van der Waals surface area (Å²) in [6, 6.07) is 6.86. The molecule has 21 heavy (non-hydrogen) atoms. The van der Waals surface area contributed by atoms with E-state index in [4.69, 9.17) is 10.5 Å². The van der Waals surface area contributed by atoms with Crippen molar-refractivity contribution in [1.82, 2.24) is 4.90 Å². The molecule has 3 unspecified atom stereocenters. The van der Waals surface area contributed by atoms with Gasteiger partial charge in [-0.15, -0.1) is 12.4 Å². The van der Waals surface area contributed by atoms with Crippen LogP contribution in [0, 0.1) is 18.8 Å². The average molecular weight is 311 g/mol. The molecule has 0 aromatic heterocycles. The van der Waals surface area contributed by atoms with E-state index in [-0.39, 0.29) is 12.4 Å². The Kier molecular flexibility index (Phi) is 5.53. The lowest BCUT2D eigenvalue weighted by Gasteiger charge is -2.29. The highest BCUT2D eigenvalue weighted by molar-refractivity contribution is 5.85. The third-order valence-corrected chi connectivity index (χ3v) is 5.06. The predicted octanol–water partition coefficient (Wildman–Crippen LogP) is 2.98. The van der Waals surface area contributed by atoms with Crippen molar-refractivity contribution in [2.75, 3.05) is 20.2 Å². The number of hydrogen-bond donors (Lipinski definition) is 1. The Balaban J connectivity index is 0.00000161. The zero-order valence-corrected chi connectivity index (χ0v) is 13.9. The molecule has 3 nitrogen and oxygen atoms in total. The van der Waals surface area contributed by atoms with Crippen LogP contribution in [0.3, 0.4) is 0 Å². The molecule has 3 rings (SSSR count). The Morgan fingerprint density at radius 2 is 2.10 bits per heavy atom. The first-order valence-electron chi connectivity index (χ1n) is 7.79. The molecule has 0 radical (unpaired) electrons. The van der Waals surface area contributed by atoms with E-state index in [1.54, 1.807) is 7.11 Å². The maximum atomic E-state index is 6.30. The van der Waals surface area contributed by atoms with Crippen molar-refractivity contribution in [1.29, 1.82) is 0 Å². The topological polar surface area (TPSA) is 38.5 Å². The lowest BCUT2D eigenvalue weighted by Crippen LogP contribution is -2.38. The largest absolute Gasteiger partial charge is 0.496 e. The third kappa shape index (κ3) is 3.53. The van der Waals surface area contributed by atoms with Gasteiger partial charge in [-0.2, -0.15) is 0 Å². The number of benzene rings is 1. The van der Waals surface area contributed by atoms with Gasteiger partial charge in [0.05, 0.1) is 7.11 Å². The average Bonchev–Trinajstić information content (AvgIpc) is 2.83. The number of methoxy groups -OCH3 is 1. The molecule has 1 heterocycles. The molecule has 1 aliphatic heterocycles. The first-order valence-corrected chi connectivity index (χ1v) is 7.79. The van der Waals surface area contributed by atoms with Gasteiger partial charge in [0.1, 0.15) is 5.75 Å². The second-order valence-corrected chi connectivity index (χ2v) is 6.53. The molecular weight excluding hydrogens is 284 g/mol. The van der Waals surface area contributed by atoms with E-state index in [2.05, 4.69) is 30.0 Å². The Hall–Kier alpha value is -0.770. The van der Waals surface area contributed by atoms with Crippen LogP contribution in [0.1, 0.15) is 30.4 Å². The lowest BCUT2D eigenvalue weighted by atomic mass is 9.78. The Bertz CT molecular complexity index is 480. The van der Waals surface area contributed by atoms with E-state index < -0.39 is 0 Å². The second-order valence-electron chi connectivity index (χ2n) is 6.53. The third-order valence-electron chi connectivity index (χ3n) is 5.06. The highest BCUT2D eigenvalue weighted by Crippen LogP contribution is 2.36. The van der Waals surface area contributed by atoms with Crippen LogP contribution in [0.25, 0.3) is 0 Å². The minimum atomic E-state index is 0. The summed E-state index contributed by atoms with van der Waals surface area (Å²) in [5.41, 5.74) is 8.91. The molecule has 118 valence electrons. The quantitative estimate of drug-likeness (QED) is 0.933. The highest BCUT2D eigenvalue weighted by atomic mass is 35.5. The number of halogens is 1. The van der Waals surface area contributed by atoms with Crippen LogP contribution < -0.4 is 10.5 Å². The van der Waals surface area contributed by atoms with Crippen LogP contribution in [0.4, 0.5) is 0 Å². The number of rotatable bonds is 3. The Labute approximate surface area is 134 Å². The fourth-order valence-corrected chi connectivity index (χ4v) is 4.01. The Morgan fingerprint density at radius 3 is 2.81 bits per heavy atom. The van der Waals surface area contributed by atoms with Gasteiger partial charge in [0.2, 0.25) is 0 Å². The zero-order valence-electron chi connectivity index (χ0n) is 13.0. The van der Waals surface area contributed by atoms with Crippen LogP contribution in [-0.4, -0.2) is 31.1 Å². The minimum absolute atomic E-state index is 0. The summed E-state index contributed by atoms with van der Waals surface area (Å²) in [6.07, 6.45) is 3.88. The summed E-state index contributed by atoms with van der Waals surface area (Å²) in [6.45, 7) is 5.49. The molecule has 1 aromatic carbocycles. The first kappa shape index (κ1) is 16.6. The molecule has 2 aliphatic rings. The predicted molar refractivity (Wildman–Crippen MR) is 89.1 cm³/mol. The van der Waals surface area contributed by atoms with Gasteiger partial charge < -0.3 is 10.5 Å². The minimum Gasteiger partial charge on any atom is -0.496 e. The molecule has 0 bridgehead atoms. The molecule has 0 spiro atoms. The van der Waals surface area contributed by atoms with Crippen molar-refractivity contribution in [3.8, 4) is 5.75 Å².